The van der Waals surface area contributed by atoms with Crippen LogP contribution in [0.1, 0.15) is 25.7 Å². The lowest BCUT2D eigenvalue weighted by molar-refractivity contribution is -0.150. The number of anilines is 2. The third-order valence-electron chi connectivity index (χ3n) is 4.17. The summed E-state index contributed by atoms with van der Waals surface area (Å²) in [5, 5.41) is 11.4. The lowest BCUT2D eigenvalue weighted by Gasteiger charge is -2.17. The number of nitrogens with zero attached hydrogens (tertiary/aromatic N) is 1. The molecule has 0 spiro atoms. The van der Waals surface area contributed by atoms with Gasteiger partial charge < -0.3 is 20.1 Å². The van der Waals surface area contributed by atoms with Crippen LogP contribution in [0.3, 0.4) is 0 Å². The molecular weight excluding hydrogens is 319 g/mol. The summed E-state index contributed by atoms with van der Waals surface area (Å²) in [6.07, 6.45) is -0.193. The molecular formula is C16H17FN2O5. The summed E-state index contributed by atoms with van der Waals surface area (Å²) in [6.45, 7) is 0.480. The number of carboxylic acids is 1. The minimum atomic E-state index is -1.10. The Hall–Kier alpha value is -2.48. The molecule has 0 unspecified atom stereocenters. The summed E-state index contributed by atoms with van der Waals surface area (Å²) in [5.74, 6) is -2.33. The van der Waals surface area contributed by atoms with Crippen LogP contribution in [0.2, 0.25) is 0 Å². The molecule has 24 heavy (non-hydrogen) atoms. The Bertz CT molecular complexity index is 693. The predicted octanol–water partition coefficient (Wildman–Crippen LogP) is 1.52. The number of carbonyl (C=O) groups excluding carboxylic acids is 2. The molecule has 0 bridgehead atoms. The van der Waals surface area contributed by atoms with E-state index in [1.807, 2.05) is 0 Å². The van der Waals surface area contributed by atoms with Gasteiger partial charge in [0.2, 0.25) is 5.91 Å². The van der Waals surface area contributed by atoms with E-state index in [4.69, 9.17) is 9.84 Å². The van der Waals surface area contributed by atoms with Crippen LogP contribution in [-0.4, -0.2) is 41.6 Å². The second-order valence-electron chi connectivity index (χ2n) is 5.83. The molecule has 1 aromatic rings. The lowest BCUT2D eigenvalue weighted by Crippen LogP contribution is -2.30. The topological polar surface area (TPSA) is 95.9 Å². The van der Waals surface area contributed by atoms with Gasteiger partial charge in [-0.3, -0.25) is 9.59 Å². The molecule has 2 aliphatic rings. The van der Waals surface area contributed by atoms with Gasteiger partial charge in [-0.05, 0) is 37.5 Å². The fourth-order valence-electron chi connectivity index (χ4n) is 2.94. The minimum Gasteiger partial charge on any atom is -0.479 e. The Kier molecular flexibility index (Phi) is 4.48. The third-order valence-corrected chi connectivity index (χ3v) is 4.17. The summed E-state index contributed by atoms with van der Waals surface area (Å²) >= 11 is 0. The largest absolute Gasteiger partial charge is 0.479 e. The zero-order chi connectivity index (χ0) is 17.3. The van der Waals surface area contributed by atoms with E-state index in [9.17, 15) is 18.8 Å². The van der Waals surface area contributed by atoms with E-state index >= 15 is 0 Å². The Morgan fingerprint density at radius 3 is 2.62 bits per heavy atom. The van der Waals surface area contributed by atoms with Gasteiger partial charge in [-0.1, -0.05) is 0 Å². The van der Waals surface area contributed by atoms with Crippen LogP contribution in [0.15, 0.2) is 18.2 Å². The van der Waals surface area contributed by atoms with Crippen LogP contribution in [0.4, 0.5) is 15.8 Å². The second kappa shape index (κ2) is 6.56. The number of carboxylic acid groups (broad SMARTS) is 1. The van der Waals surface area contributed by atoms with Gasteiger partial charge in [0, 0.05) is 18.7 Å². The van der Waals surface area contributed by atoms with E-state index < -0.39 is 29.9 Å². The van der Waals surface area contributed by atoms with Crippen molar-refractivity contribution in [2.45, 2.75) is 37.9 Å². The first kappa shape index (κ1) is 16.4. The Morgan fingerprint density at radius 2 is 2.04 bits per heavy atom. The number of amides is 2. The van der Waals surface area contributed by atoms with Crippen molar-refractivity contribution in [2.24, 2.45) is 0 Å². The zero-order valence-electron chi connectivity index (χ0n) is 12.8. The average Bonchev–Trinajstić information content (AvgIpc) is 3.17. The van der Waals surface area contributed by atoms with Gasteiger partial charge in [-0.25, -0.2) is 9.18 Å². The van der Waals surface area contributed by atoms with Gasteiger partial charge in [0.1, 0.15) is 11.9 Å². The highest BCUT2D eigenvalue weighted by molar-refractivity contribution is 5.97. The van der Waals surface area contributed by atoms with E-state index in [0.29, 0.717) is 25.8 Å². The second-order valence-corrected chi connectivity index (χ2v) is 5.83. The number of carbonyl (C=O) groups is 3. The summed E-state index contributed by atoms with van der Waals surface area (Å²) in [4.78, 5) is 36.0. The van der Waals surface area contributed by atoms with Crippen LogP contribution in [0.25, 0.3) is 0 Å². The fourth-order valence-corrected chi connectivity index (χ4v) is 2.94. The Balaban J connectivity index is 1.66. The molecule has 3 rings (SSSR count). The highest BCUT2D eigenvalue weighted by Gasteiger charge is 2.34. The van der Waals surface area contributed by atoms with Crippen LogP contribution in [-0.2, 0) is 19.1 Å². The molecule has 8 heteroatoms. The van der Waals surface area contributed by atoms with E-state index in [-0.39, 0.29) is 23.7 Å². The average molecular weight is 336 g/mol. The van der Waals surface area contributed by atoms with Crippen LogP contribution < -0.4 is 10.2 Å². The molecule has 2 aliphatic heterocycles. The van der Waals surface area contributed by atoms with Crippen molar-refractivity contribution in [1.82, 2.24) is 0 Å². The molecule has 2 N–H and O–H groups in total. The molecule has 1 aromatic carbocycles. The Labute approximate surface area is 137 Å². The number of aliphatic carboxylic acids is 1. The van der Waals surface area contributed by atoms with Crippen molar-refractivity contribution < 1.29 is 28.6 Å². The standard InChI is InChI=1S/C16H17FN2O5/c17-10-8-9(3-4-11(10)19-7-1-2-14(19)20)18-15(21)12-5-6-13(24-12)16(22)23/h3-4,8,12-13H,1-2,5-7H2,(H,18,21)(H,22,23)/t12-,13+/m0/s1. The number of hydrogen-bond acceptors (Lipinski definition) is 4. The predicted molar refractivity (Wildman–Crippen MR) is 82.1 cm³/mol. The first-order valence-corrected chi connectivity index (χ1v) is 7.75. The fraction of sp³-hybridized carbons (Fsp3) is 0.438. The summed E-state index contributed by atoms with van der Waals surface area (Å²) in [7, 11) is 0. The number of benzene rings is 1. The highest BCUT2D eigenvalue weighted by atomic mass is 19.1. The maximum Gasteiger partial charge on any atom is 0.332 e. The van der Waals surface area contributed by atoms with Gasteiger partial charge in [0.05, 0.1) is 5.69 Å². The van der Waals surface area contributed by atoms with Crippen LogP contribution >= 0.6 is 0 Å². The minimum absolute atomic E-state index is 0.121. The molecule has 128 valence electrons. The maximum atomic E-state index is 14.2. The molecule has 2 atom stereocenters. The van der Waals surface area contributed by atoms with Crippen LogP contribution in [0.5, 0.6) is 0 Å². The molecule has 7 nitrogen and oxygen atoms in total. The summed E-state index contributed by atoms with van der Waals surface area (Å²) < 4.78 is 19.4. The monoisotopic (exact) mass is 336 g/mol. The number of rotatable bonds is 4. The van der Waals surface area contributed by atoms with Crippen molar-refractivity contribution in [2.75, 3.05) is 16.8 Å². The lowest BCUT2D eigenvalue weighted by atomic mass is 10.2. The van der Waals surface area contributed by atoms with Crippen LogP contribution in [0, 0.1) is 5.82 Å². The van der Waals surface area contributed by atoms with Crippen molar-refractivity contribution >= 4 is 29.2 Å². The highest BCUT2D eigenvalue weighted by Crippen LogP contribution is 2.27. The van der Waals surface area contributed by atoms with E-state index in [1.165, 1.54) is 17.0 Å². The molecule has 2 saturated heterocycles. The third kappa shape index (κ3) is 3.23. The van der Waals surface area contributed by atoms with Crippen molar-refractivity contribution in [3.63, 3.8) is 0 Å². The summed E-state index contributed by atoms with van der Waals surface area (Å²) in [5.41, 5.74) is 0.425. The SMILES string of the molecule is O=C(Nc1ccc(N2CCCC2=O)c(F)c1)[C@@H]1CC[C@H](C(=O)O)O1. The maximum absolute atomic E-state index is 14.2. The van der Waals surface area contributed by atoms with Crippen molar-refractivity contribution in [3.8, 4) is 0 Å². The van der Waals surface area contributed by atoms with Crippen molar-refractivity contribution in [3.05, 3.63) is 24.0 Å². The normalized spacial score (nSPS) is 23.5. The van der Waals surface area contributed by atoms with E-state index in [2.05, 4.69) is 5.32 Å². The molecule has 2 fully saturated rings. The zero-order valence-corrected chi connectivity index (χ0v) is 12.8. The first-order chi connectivity index (χ1) is 11.5. The molecule has 0 radical (unpaired) electrons. The van der Waals surface area contributed by atoms with Gasteiger partial charge >= 0.3 is 5.97 Å². The summed E-state index contributed by atoms with van der Waals surface area (Å²) in [6, 6.07) is 4.09. The van der Waals surface area contributed by atoms with Crippen molar-refractivity contribution in [1.29, 1.82) is 0 Å². The Morgan fingerprint density at radius 1 is 1.29 bits per heavy atom. The van der Waals surface area contributed by atoms with E-state index in [1.54, 1.807) is 0 Å². The molecule has 0 saturated carbocycles. The number of nitrogens with one attached hydrogen (secondary N) is 1. The quantitative estimate of drug-likeness (QED) is 0.869. The number of hydrogen-bond donors (Lipinski definition) is 2. The van der Waals surface area contributed by atoms with Gasteiger partial charge in [0.15, 0.2) is 6.10 Å². The van der Waals surface area contributed by atoms with Gasteiger partial charge in [0.25, 0.3) is 5.91 Å². The smallest absolute Gasteiger partial charge is 0.332 e. The molecule has 0 aromatic heterocycles. The molecule has 0 aliphatic carbocycles. The first-order valence-electron chi connectivity index (χ1n) is 7.75. The van der Waals surface area contributed by atoms with Gasteiger partial charge in [-0.15, -0.1) is 0 Å². The molecule has 2 heterocycles. The number of ether oxygens (including phenoxy) is 1. The van der Waals surface area contributed by atoms with E-state index in [0.717, 1.165) is 6.07 Å². The molecule has 2 amide bonds. The number of halogens is 1. The van der Waals surface area contributed by atoms with Gasteiger partial charge in [-0.2, -0.15) is 0 Å².